The third kappa shape index (κ3) is 5.26. The summed E-state index contributed by atoms with van der Waals surface area (Å²) in [5, 5.41) is 0.741. The second-order valence-electron chi connectivity index (χ2n) is 11.5. The topological polar surface area (TPSA) is 91.0 Å². The molecule has 3 heterocycles. The Morgan fingerprint density at radius 3 is 1.31 bits per heavy atom. The van der Waals surface area contributed by atoms with E-state index in [-0.39, 0.29) is 43.3 Å². The third-order valence-electron chi connectivity index (χ3n) is 8.22. The van der Waals surface area contributed by atoms with Crippen LogP contribution in [0.3, 0.4) is 0 Å². The van der Waals surface area contributed by atoms with Crippen molar-refractivity contribution in [3.05, 3.63) is 138 Å². The van der Waals surface area contributed by atoms with Crippen molar-refractivity contribution in [2.75, 3.05) is 0 Å². The molecule has 0 aliphatic rings. The summed E-state index contributed by atoms with van der Waals surface area (Å²) in [7, 11) is -8.29. The minimum atomic E-state index is -4.80. The second-order valence-corrected chi connectivity index (χ2v) is 15.1. The maximum absolute atomic E-state index is 14.5. The summed E-state index contributed by atoms with van der Waals surface area (Å²) in [5.41, 5.74) is 1.26. The molecule has 0 saturated carbocycles. The van der Waals surface area contributed by atoms with E-state index in [0.717, 1.165) is 31.2 Å². The highest BCUT2D eigenvalue weighted by molar-refractivity contribution is 7.90. The number of aromatic nitrogens is 3. The predicted molar refractivity (Wildman–Crippen MR) is 179 cm³/mol. The molecule has 0 bridgehead atoms. The van der Waals surface area contributed by atoms with Gasteiger partial charge >= 0.3 is 6.18 Å². The average Bonchev–Trinajstić information content (AvgIpc) is 3.65. The molecule has 0 aliphatic heterocycles. The third-order valence-corrected chi connectivity index (χ3v) is 11.6. The first-order valence-corrected chi connectivity index (χ1v) is 17.6. The van der Waals surface area contributed by atoms with E-state index < -0.39 is 31.8 Å². The molecule has 0 N–H and O–H groups in total. The van der Waals surface area contributed by atoms with Gasteiger partial charge in [-0.1, -0.05) is 71.8 Å². The predicted octanol–water partition coefficient (Wildman–Crippen LogP) is 8.43. The standard InChI is InChI=1S/C36H26F3N3O4S2/c1-23-11-15-26(16-12-23)47(43,44)41-21-30(28-7-3-5-9-34(28)41)32-19-25(36(37,38)39)20-33(40-32)31-22-42(35-10-6-4-8-29(31)35)48(45,46)27-17-13-24(2)14-18-27/h3-22H,1-2H3. The van der Waals surface area contributed by atoms with Gasteiger partial charge in [-0.3, -0.25) is 0 Å². The normalized spacial score (nSPS) is 12.6. The smallest absolute Gasteiger partial charge is 0.248 e. The van der Waals surface area contributed by atoms with E-state index in [4.69, 9.17) is 0 Å². The van der Waals surface area contributed by atoms with Gasteiger partial charge in [0.1, 0.15) is 0 Å². The van der Waals surface area contributed by atoms with Crippen LogP contribution in [0, 0.1) is 13.8 Å². The maximum atomic E-state index is 14.5. The van der Waals surface area contributed by atoms with E-state index in [1.165, 1.54) is 36.7 Å². The van der Waals surface area contributed by atoms with Crippen molar-refractivity contribution in [3.8, 4) is 22.5 Å². The molecule has 0 fully saturated rings. The van der Waals surface area contributed by atoms with Crippen LogP contribution in [0.5, 0.6) is 0 Å². The molecule has 0 aliphatic carbocycles. The van der Waals surface area contributed by atoms with Gasteiger partial charge in [0.05, 0.1) is 37.8 Å². The Morgan fingerprint density at radius 1 is 0.562 bits per heavy atom. The number of benzene rings is 4. The molecular weight excluding hydrogens is 660 g/mol. The van der Waals surface area contributed by atoms with Gasteiger partial charge in [0.25, 0.3) is 20.0 Å². The fourth-order valence-electron chi connectivity index (χ4n) is 5.72. The molecule has 0 unspecified atom stereocenters. The summed E-state index contributed by atoms with van der Waals surface area (Å²) in [5.74, 6) is 0. The van der Waals surface area contributed by atoms with E-state index in [0.29, 0.717) is 10.8 Å². The highest BCUT2D eigenvalue weighted by atomic mass is 32.2. The Balaban J connectivity index is 1.47. The Hall–Kier alpha value is -5.20. The Morgan fingerprint density at radius 2 is 0.938 bits per heavy atom. The number of hydrogen-bond acceptors (Lipinski definition) is 5. The number of aryl methyl sites for hydroxylation is 2. The minimum absolute atomic E-state index is 0.0145. The van der Waals surface area contributed by atoms with Crippen LogP contribution in [0.2, 0.25) is 0 Å². The molecule has 7 rings (SSSR count). The molecule has 242 valence electrons. The molecule has 7 aromatic rings. The van der Waals surface area contributed by atoms with Crippen LogP contribution in [0.15, 0.2) is 131 Å². The first-order valence-electron chi connectivity index (χ1n) is 14.7. The lowest BCUT2D eigenvalue weighted by Crippen LogP contribution is -2.11. The van der Waals surface area contributed by atoms with Gasteiger partial charge in [-0.15, -0.1) is 0 Å². The van der Waals surface area contributed by atoms with Crippen LogP contribution in [0.25, 0.3) is 44.3 Å². The highest BCUT2D eigenvalue weighted by Crippen LogP contribution is 2.40. The fraction of sp³-hybridized carbons (Fsp3) is 0.0833. The summed E-state index contributed by atoms with van der Waals surface area (Å²) in [6, 6.07) is 27.3. The molecule has 0 saturated heterocycles. The SMILES string of the molecule is Cc1ccc(S(=O)(=O)n2cc(-c3cc(C(F)(F)F)cc(-c4cn(S(=O)(=O)c5ccc(C)cc5)c5ccccc45)n3)c3ccccc32)cc1. The number of halogens is 3. The average molecular weight is 686 g/mol. The van der Waals surface area contributed by atoms with Crippen molar-refractivity contribution in [2.24, 2.45) is 0 Å². The summed E-state index contributed by atoms with van der Waals surface area (Å²) < 4.78 is 101. The molecule has 0 spiro atoms. The van der Waals surface area contributed by atoms with Gasteiger partial charge in [0.15, 0.2) is 0 Å². The van der Waals surface area contributed by atoms with E-state index in [1.807, 2.05) is 13.8 Å². The number of fused-ring (bicyclic) bond motifs is 2. The molecule has 7 nitrogen and oxygen atoms in total. The zero-order valence-electron chi connectivity index (χ0n) is 25.5. The van der Waals surface area contributed by atoms with Crippen molar-refractivity contribution in [1.29, 1.82) is 0 Å². The van der Waals surface area contributed by atoms with Crippen LogP contribution < -0.4 is 0 Å². The summed E-state index contributed by atoms with van der Waals surface area (Å²) in [4.78, 5) is 4.66. The van der Waals surface area contributed by atoms with E-state index in [1.54, 1.807) is 72.8 Å². The van der Waals surface area contributed by atoms with Crippen molar-refractivity contribution in [3.63, 3.8) is 0 Å². The summed E-state index contributed by atoms with van der Waals surface area (Å²) >= 11 is 0. The molecule has 3 aromatic heterocycles. The first-order chi connectivity index (χ1) is 22.7. The van der Waals surface area contributed by atoms with Gasteiger partial charge < -0.3 is 0 Å². The number of pyridine rings is 1. The zero-order chi connectivity index (χ0) is 34.0. The van der Waals surface area contributed by atoms with Gasteiger partial charge in [-0.25, -0.2) is 29.8 Å². The van der Waals surface area contributed by atoms with Crippen molar-refractivity contribution < 1.29 is 30.0 Å². The monoisotopic (exact) mass is 685 g/mol. The molecule has 48 heavy (non-hydrogen) atoms. The van der Waals surface area contributed by atoms with Gasteiger partial charge in [-0.05, 0) is 62.4 Å². The fourth-order valence-corrected chi connectivity index (χ4v) is 8.46. The lowest BCUT2D eigenvalue weighted by Gasteiger charge is -2.11. The molecule has 0 atom stereocenters. The van der Waals surface area contributed by atoms with E-state index in [2.05, 4.69) is 4.98 Å². The van der Waals surface area contributed by atoms with Gasteiger partial charge in [0, 0.05) is 34.3 Å². The molecule has 0 amide bonds. The first kappa shape index (κ1) is 31.4. The van der Waals surface area contributed by atoms with Crippen molar-refractivity contribution in [1.82, 2.24) is 12.9 Å². The summed E-state index contributed by atoms with van der Waals surface area (Å²) in [6.45, 7) is 3.65. The highest BCUT2D eigenvalue weighted by Gasteiger charge is 2.33. The van der Waals surface area contributed by atoms with Crippen LogP contribution >= 0.6 is 0 Å². The Labute approximate surface area is 274 Å². The second kappa shape index (κ2) is 11.2. The quantitative estimate of drug-likeness (QED) is 0.175. The van der Waals surface area contributed by atoms with Crippen LogP contribution in [-0.4, -0.2) is 29.8 Å². The molecular formula is C36H26F3N3O4S2. The lowest BCUT2D eigenvalue weighted by atomic mass is 10.0. The minimum Gasteiger partial charge on any atom is -0.248 e. The van der Waals surface area contributed by atoms with Crippen LogP contribution in [-0.2, 0) is 26.2 Å². The van der Waals surface area contributed by atoms with Crippen LogP contribution in [0.1, 0.15) is 16.7 Å². The number of hydrogen-bond donors (Lipinski definition) is 0. The van der Waals surface area contributed by atoms with Gasteiger partial charge in [0.2, 0.25) is 0 Å². The largest absolute Gasteiger partial charge is 0.416 e. The van der Waals surface area contributed by atoms with Crippen molar-refractivity contribution >= 4 is 41.9 Å². The number of rotatable bonds is 6. The molecule has 4 aromatic carbocycles. The van der Waals surface area contributed by atoms with Crippen LogP contribution in [0.4, 0.5) is 13.2 Å². The summed E-state index contributed by atoms with van der Waals surface area (Å²) in [6.07, 6.45) is -2.25. The Bertz CT molecular complexity index is 2420. The zero-order valence-corrected chi connectivity index (χ0v) is 27.1. The molecule has 12 heteroatoms. The lowest BCUT2D eigenvalue weighted by molar-refractivity contribution is -0.137. The Kier molecular flexibility index (Phi) is 7.33. The number of para-hydroxylation sites is 2. The van der Waals surface area contributed by atoms with Crippen molar-refractivity contribution in [2.45, 2.75) is 29.8 Å². The van der Waals surface area contributed by atoms with E-state index in [9.17, 15) is 30.0 Å². The number of nitrogens with zero attached hydrogens (tertiary/aromatic N) is 3. The van der Waals surface area contributed by atoms with E-state index >= 15 is 0 Å². The number of alkyl halides is 3. The molecule has 0 radical (unpaired) electrons. The van der Waals surface area contributed by atoms with Gasteiger partial charge in [-0.2, -0.15) is 13.2 Å². The maximum Gasteiger partial charge on any atom is 0.416 e.